The number of hydrogen-bond donors (Lipinski definition) is 1. The maximum atomic E-state index is 13.6. The van der Waals surface area contributed by atoms with E-state index in [1.165, 1.54) is 23.5 Å². The maximum Gasteiger partial charge on any atom is 0.270 e. The summed E-state index contributed by atoms with van der Waals surface area (Å²) in [4.78, 5) is 31.4. The zero-order valence-corrected chi connectivity index (χ0v) is 21.7. The molecule has 1 unspecified atom stereocenters. The normalized spacial score (nSPS) is 15.0. The van der Waals surface area contributed by atoms with Crippen LogP contribution in [0.3, 0.4) is 0 Å². The standard InChI is InChI=1S/C28H32FN3O3S/c1-4-26(33)32-14-12-19-7-10-22(15-23(19)27(32)20-5-8-21(29)9-6-20)35-16-25-31-24(17-36-25)28(34)30-13-11-18(2)3/h5-10,15,17-18,27H,4,11-14,16H2,1-3H3,(H,30,34). The Kier molecular flexibility index (Phi) is 8.36. The summed E-state index contributed by atoms with van der Waals surface area (Å²) < 4.78 is 19.7. The molecule has 1 atom stereocenters. The van der Waals surface area contributed by atoms with Crippen molar-refractivity contribution in [3.8, 4) is 5.75 Å². The van der Waals surface area contributed by atoms with E-state index in [0.29, 0.717) is 41.9 Å². The Balaban J connectivity index is 1.50. The van der Waals surface area contributed by atoms with E-state index >= 15 is 0 Å². The number of thiazole rings is 1. The summed E-state index contributed by atoms with van der Waals surface area (Å²) in [5.41, 5.74) is 3.39. The van der Waals surface area contributed by atoms with Gasteiger partial charge in [-0.3, -0.25) is 9.59 Å². The highest BCUT2D eigenvalue weighted by molar-refractivity contribution is 7.09. The molecule has 1 aliphatic heterocycles. The van der Waals surface area contributed by atoms with Crippen LogP contribution in [-0.4, -0.2) is 34.8 Å². The van der Waals surface area contributed by atoms with Crippen LogP contribution in [0.5, 0.6) is 5.75 Å². The monoisotopic (exact) mass is 509 g/mol. The lowest BCUT2D eigenvalue weighted by Crippen LogP contribution is -2.40. The topological polar surface area (TPSA) is 71.5 Å². The van der Waals surface area contributed by atoms with Crippen LogP contribution in [-0.2, 0) is 17.8 Å². The molecule has 1 aliphatic rings. The first-order valence-electron chi connectivity index (χ1n) is 12.4. The van der Waals surface area contributed by atoms with Crippen molar-refractivity contribution in [3.63, 3.8) is 0 Å². The van der Waals surface area contributed by atoms with E-state index in [1.54, 1.807) is 17.5 Å². The number of fused-ring (bicyclic) bond motifs is 1. The Morgan fingerprint density at radius 3 is 2.72 bits per heavy atom. The number of rotatable bonds is 9. The minimum absolute atomic E-state index is 0.0586. The van der Waals surface area contributed by atoms with Gasteiger partial charge in [-0.2, -0.15) is 0 Å². The van der Waals surface area contributed by atoms with Crippen molar-refractivity contribution in [2.24, 2.45) is 5.92 Å². The first-order valence-corrected chi connectivity index (χ1v) is 13.3. The second-order valence-corrected chi connectivity index (χ2v) is 10.3. The summed E-state index contributed by atoms with van der Waals surface area (Å²) in [7, 11) is 0. The Morgan fingerprint density at radius 1 is 1.22 bits per heavy atom. The minimum atomic E-state index is -0.309. The Hall–Kier alpha value is -3.26. The second kappa shape index (κ2) is 11.6. The number of benzene rings is 2. The van der Waals surface area contributed by atoms with Crippen molar-refractivity contribution in [1.29, 1.82) is 0 Å². The Morgan fingerprint density at radius 2 is 2.00 bits per heavy atom. The van der Waals surface area contributed by atoms with Crippen molar-refractivity contribution in [2.45, 2.75) is 52.7 Å². The van der Waals surface area contributed by atoms with Gasteiger partial charge in [-0.15, -0.1) is 11.3 Å². The highest BCUT2D eigenvalue weighted by atomic mass is 32.1. The van der Waals surface area contributed by atoms with Crippen LogP contribution >= 0.6 is 11.3 Å². The minimum Gasteiger partial charge on any atom is -0.486 e. The molecule has 0 spiro atoms. The quantitative estimate of drug-likeness (QED) is 0.412. The first kappa shape index (κ1) is 25.8. The molecule has 4 rings (SSSR count). The summed E-state index contributed by atoms with van der Waals surface area (Å²) in [6.45, 7) is 7.57. The van der Waals surface area contributed by atoms with Gasteiger partial charge in [-0.1, -0.05) is 39.0 Å². The molecule has 0 fully saturated rings. The highest BCUT2D eigenvalue weighted by Gasteiger charge is 2.31. The van der Waals surface area contributed by atoms with Gasteiger partial charge in [-0.05, 0) is 59.7 Å². The fraction of sp³-hybridized carbons (Fsp3) is 0.393. The predicted molar refractivity (Wildman–Crippen MR) is 139 cm³/mol. The van der Waals surface area contributed by atoms with Gasteiger partial charge in [0.1, 0.15) is 28.9 Å². The SMILES string of the molecule is CCC(=O)N1CCc2ccc(OCc3nc(C(=O)NCCC(C)C)cs3)cc2C1c1ccc(F)cc1. The van der Waals surface area contributed by atoms with E-state index in [-0.39, 0.29) is 30.3 Å². The largest absolute Gasteiger partial charge is 0.486 e. The maximum absolute atomic E-state index is 13.6. The third-order valence-electron chi connectivity index (χ3n) is 6.31. The van der Waals surface area contributed by atoms with Crippen LogP contribution in [0, 0.1) is 11.7 Å². The number of carbonyl (C=O) groups is 2. The average Bonchev–Trinajstić information content (AvgIpc) is 3.36. The number of carbonyl (C=O) groups excluding carboxylic acids is 2. The van der Waals surface area contributed by atoms with Gasteiger partial charge in [0.2, 0.25) is 5.91 Å². The summed E-state index contributed by atoms with van der Waals surface area (Å²) in [5, 5.41) is 5.36. The number of aromatic nitrogens is 1. The van der Waals surface area contributed by atoms with Crippen LogP contribution in [0.25, 0.3) is 0 Å². The van der Waals surface area contributed by atoms with Crippen LogP contribution < -0.4 is 10.1 Å². The molecule has 0 saturated carbocycles. The highest BCUT2D eigenvalue weighted by Crippen LogP contribution is 2.37. The number of nitrogens with one attached hydrogen (secondary N) is 1. The third-order valence-corrected chi connectivity index (χ3v) is 7.13. The second-order valence-electron chi connectivity index (χ2n) is 9.36. The molecule has 0 saturated heterocycles. The molecule has 2 amide bonds. The lowest BCUT2D eigenvalue weighted by Gasteiger charge is -2.38. The van der Waals surface area contributed by atoms with Crippen LogP contribution in [0.4, 0.5) is 4.39 Å². The predicted octanol–water partition coefficient (Wildman–Crippen LogP) is 5.52. The van der Waals surface area contributed by atoms with E-state index < -0.39 is 0 Å². The van der Waals surface area contributed by atoms with Crippen molar-refractivity contribution in [2.75, 3.05) is 13.1 Å². The van der Waals surface area contributed by atoms with Gasteiger partial charge < -0.3 is 15.0 Å². The molecule has 6 nitrogen and oxygen atoms in total. The molecule has 0 aliphatic carbocycles. The molecule has 1 N–H and O–H groups in total. The van der Waals surface area contributed by atoms with Crippen LogP contribution in [0.2, 0.25) is 0 Å². The fourth-order valence-electron chi connectivity index (χ4n) is 4.35. The summed E-state index contributed by atoms with van der Waals surface area (Å²) in [6, 6.07) is 12.0. The fourth-order valence-corrected chi connectivity index (χ4v) is 5.04. The van der Waals surface area contributed by atoms with Crippen molar-refractivity contribution in [3.05, 3.63) is 81.1 Å². The zero-order chi connectivity index (χ0) is 25.7. The van der Waals surface area contributed by atoms with Gasteiger partial charge in [0, 0.05) is 24.9 Å². The Labute approximate surface area is 215 Å². The summed E-state index contributed by atoms with van der Waals surface area (Å²) in [6.07, 6.45) is 2.08. The molecule has 36 heavy (non-hydrogen) atoms. The molecule has 8 heteroatoms. The van der Waals surface area contributed by atoms with Gasteiger partial charge >= 0.3 is 0 Å². The molecule has 1 aromatic heterocycles. The third kappa shape index (κ3) is 6.10. The molecule has 190 valence electrons. The van der Waals surface area contributed by atoms with E-state index in [1.807, 2.05) is 30.0 Å². The number of amides is 2. The smallest absolute Gasteiger partial charge is 0.270 e. The van der Waals surface area contributed by atoms with E-state index in [9.17, 15) is 14.0 Å². The molecule has 0 radical (unpaired) electrons. The van der Waals surface area contributed by atoms with Crippen molar-refractivity contribution < 1.29 is 18.7 Å². The lowest BCUT2D eigenvalue weighted by molar-refractivity contribution is -0.132. The van der Waals surface area contributed by atoms with Gasteiger partial charge in [0.25, 0.3) is 5.91 Å². The van der Waals surface area contributed by atoms with E-state index in [2.05, 4.69) is 24.1 Å². The molecule has 3 aromatic rings. The van der Waals surface area contributed by atoms with Gasteiger partial charge in [0.05, 0.1) is 6.04 Å². The van der Waals surface area contributed by atoms with Crippen LogP contribution in [0.15, 0.2) is 47.8 Å². The summed E-state index contributed by atoms with van der Waals surface area (Å²) in [5.74, 6) is 0.760. The first-order chi connectivity index (χ1) is 17.4. The Bertz CT molecular complexity index is 1210. The molecule has 0 bridgehead atoms. The molecular weight excluding hydrogens is 477 g/mol. The van der Waals surface area contributed by atoms with E-state index in [4.69, 9.17) is 4.74 Å². The van der Waals surface area contributed by atoms with Gasteiger partial charge in [-0.25, -0.2) is 9.37 Å². The molecule has 2 heterocycles. The van der Waals surface area contributed by atoms with E-state index in [0.717, 1.165) is 29.5 Å². The number of nitrogens with zero attached hydrogens (tertiary/aromatic N) is 2. The van der Waals surface area contributed by atoms with Crippen molar-refractivity contribution >= 4 is 23.2 Å². The number of ether oxygens (including phenoxy) is 1. The van der Waals surface area contributed by atoms with Crippen LogP contribution in [0.1, 0.15) is 71.8 Å². The summed E-state index contributed by atoms with van der Waals surface area (Å²) >= 11 is 1.39. The molecular formula is C28H32FN3O3S. The lowest BCUT2D eigenvalue weighted by atomic mass is 9.87. The van der Waals surface area contributed by atoms with Crippen molar-refractivity contribution in [1.82, 2.24) is 15.2 Å². The average molecular weight is 510 g/mol. The zero-order valence-electron chi connectivity index (χ0n) is 20.9. The number of hydrogen-bond acceptors (Lipinski definition) is 5. The molecule has 2 aromatic carbocycles. The van der Waals surface area contributed by atoms with Gasteiger partial charge in [0.15, 0.2) is 0 Å². The number of halogens is 1.